The summed E-state index contributed by atoms with van der Waals surface area (Å²) in [4.78, 5) is 15.5. The summed E-state index contributed by atoms with van der Waals surface area (Å²) in [6.07, 6.45) is 0. The van der Waals surface area contributed by atoms with Crippen LogP contribution in [0.3, 0.4) is 0 Å². The van der Waals surface area contributed by atoms with Crippen molar-refractivity contribution in [1.29, 1.82) is 0 Å². The maximum absolute atomic E-state index is 12.5. The molecule has 0 bridgehead atoms. The molecule has 0 radical (unpaired) electrons. The molecule has 0 aromatic heterocycles. The second kappa shape index (κ2) is 3.53. The van der Waals surface area contributed by atoms with Crippen molar-refractivity contribution in [3.05, 3.63) is 54.1 Å². The summed E-state index contributed by atoms with van der Waals surface area (Å²) in [5.41, 5.74) is 2.64. The number of para-hydroxylation sites is 2. The Hall–Kier alpha value is -1.94. The van der Waals surface area contributed by atoms with Crippen LogP contribution in [0.2, 0.25) is 0 Å². The molecule has 4 heteroatoms. The highest BCUT2D eigenvalue weighted by Gasteiger charge is 2.39. The number of carbonyl (C=O) groups is 1. The number of rotatable bonds is 0. The maximum Gasteiger partial charge on any atom is 0.262 e. The fourth-order valence-electron chi connectivity index (χ4n) is 2.42. The van der Waals surface area contributed by atoms with Gasteiger partial charge in [0.1, 0.15) is 0 Å². The molecular weight excluding hydrogens is 244 g/mol. The molecule has 2 aliphatic heterocycles. The van der Waals surface area contributed by atoms with Gasteiger partial charge in [0, 0.05) is 10.6 Å². The van der Waals surface area contributed by atoms with E-state index in [1.807, 2.05) is 47.4 Å². The minimum Gasteiger partial charge on any atom is -0.355 e. The van der Waals surface area contributed by atoms with E-state index in [1.165, 1.54) is 0 Å². The summed E-state index contributed by atoms with van der Waals surface area (Å²) < 4.78 is 0. The predicted molar refractivity (Wildman–Crippen MR) is 73.0 cm³/mol. The zero-order valence-corrected chi connectivity index (χ0v) is 10.3. The van der Waals surface area contributed by atoms with E-state index in [4.69, 9.17) is 0 Å². The average Bonchev–Trinajstić information content (AvgIpc) is 2.77. The second-order valence-electron chi connectivity index (χ2n) is 4.30. The lowest BCUT2D eigenvalue weighted by Gasteiger charge is -2.32. The molecule has 2 aliphatic rings. The summed E-state index contributed by atoms with van der Waals surface area (Å²) in [7, 11) is 0. The van der Waals surface area contributed by atoms with Crippen LogP contribution >= 0.6 is 11.8 Å². The third-order valence-electron chi connectivity index (χ3n) is 3.25. The third-order valence-corrected chi connectivity index (χ3v) is 4.40. The van der Waals surface area contributed by atoms with Gasteiger partial charge in [-0.3, -0.25) is 9.69 Å². The van der Waals surface area contributed by atoms with Crippen LogP contribution in [-0.2, 0) is 0 Å². The Labute approximate surface area is 109 Å². The van der Waals surface area contributed by atoms with Crippen molar-refractivity contribution in [3.8, 4) is 0 Å². The Morgan fingerprint density at radius 3 is 2.78 bits per heavy atom. The summed E-state index contributed by atoms with van der Waals surface area (Å²) in [5, 5.41) is 3.40. The molecule has 2 heterocycles. The molecular formula is C14H10N2OS. The third kappa shape index (κ3) is 1.24. The molecule has 3 nitrogen and oxygen atoms in total. The molecule has 1 atom stereocenters. The van der Waals surface area contributed by atoms with Crippen molar-refractivity contribution in [3.63, 3.8) is 0 Å². The fraction of sp³-hybridized carbons (Fsp3) is 0.0714. The van der Waals surface area contributed by atoms with Gasteiger partial charge in [-0.1, -0.05) is 36.0 Å². The molecule has 0 aliphatic carbocycles. The molecule has 1 N–H and O–H groups in total. The lowest BCUT2D eigenvalue weighted by Crippen LogP contribution is -2.44. The minimum absolute atomic E-state index is 0.0233. The Morgan fingerprint density at radius 1 is 1.06 bits per heavy atom. The first-order chi connectivity index (χ1) is 8.84. The Balaban J connectivity index is 1.88. The van der Waals surface area contributed by atoms with E-state index in [-0.39, 0.29) is 11.4 Å². The van der Waals surface area contributed by atoms with E-state index in [2.05, 4.69) is 11.4 Å². The standard InChI is InChI=1S/C14H10N2OS/c17-13-9-5-1-2-6-10(9)15-14-16(13)11-7-3-4-8-12(11)18-14/h1-8,14-15H/t14-/m0/s1. The number of anilines is 2. The van der Waals surface area contributed by atoms with Crippen LogP contribution in [0.1, 0.15) is 10.4 Å². The first kappa shape index (κ1) is 10.0. The van der Waals surface area contributed by atoms with E-state index in [0.717, 1.165) is 21.8 Å². The minimum atomic E-state index is -0.0233. The molecule has 0 fully saturated rings. The van der Waals surface area contributed by atoms with Crippen LogP contribution in [0.5, 0.6) is 0 Å². The first-order valence-corrected chi connectivity index (χ1v) is 6.67. The van der Waals surface area contributed by atoms with Crippen LogP contribution in [-0.4, -0.2) is 11.4 Å². The number of nitrogens with one attached hydrogen (secondary N) is 1. The van der Waals surface area contributed by atoms with Crippen LogP contribution in [0.25, 0.3) is 0 Å². The van der Waals surface area contributed by atoms with Crippen molar-refractivity contribution in [2.75, 3.05) is 10.2 Å². The molecule has 0 unspecified atom stereocenters. The highest BCUT2D eigenvalue weighted by molar-refractivity contribution is 8.00. The van der Waals surface area contributed by atoms with Crippen molar-refractivity contribution in [2.45, 2.75) is 10.4 Å². The van der Waals surface area contributed by atoms with E-state index in [0.29, 0.717) is 0 Å². The number of fused-ring (bicyclic) bond motifs is 4. The zero-order valence-electron chi connectivity index (χ0n) is 9.46. The Morgan fingerprint density at radius 2 is 1.83 bits per heavy atom. The number of hydrogen-bond donors (Lipinski definition) is 1. The van der Waals surface area contributed by atoms with E-state index in [1.54, 1.807) is 11.8 Å². The molecule has 2 aromatic rings. The van der Waals surface area contributed by atoms with Gasteiger partial charge in [0.05, 0.1) is 11.3 Å². The van der Waals surface area contributed by atoms with Crippen LogP contribution < -0.4 is 10.2 Å². The maximum atomic E-state index is 12.5. The summed E-state index contributed by atoms with van der Waals surface area (Å²) in [6, 6.07) is 15.7. The zero-order chi connectivity index (χ0) is 12.1. The molecule has 4 rings (SSSR count). The fourth-order valence-corrected chi connectivity index (χ4v) is 3.61. The Kier molecular flexibility index (Phi) is 1.96. The summed E-state index contributed by atoms with van der Waals surface area (Å²) in [5.74, 6) is 0.0757. The van der Waals surface area contributed by atoms with Crippen molar-refractivity contribution < 1.29 is 4.79 Å². The van der Waals surface area contributed by atoms with Crippen LogP contribution in [0.15, 0.2) is 53.4 Å². The average molecular weight is 254 g/mol. The topological polar surface area (TPSA) is 32.3 Å². The number of benzene rings is 2. The first-order valence-electron chi connectivity index (χ1n) is 5.79. The van der Waals surface area contributed by atoms with Gasteiger partial charge in [-0.2, -0.15) is 0 Å². The van der Waals surface area contributed by atoms with Crippen molar-refractivity contribution in [2.24, 2.45) is 0 Å². The number of amides is 1. The molecule has 0 saturated carbocycles. The van der Waals surface area contributed by atoms with E-state index >= 15 is 0 Å². The molecule has 0 spiro atoms. The smallest absolute Gasteiger partial charge is 0.262 e. The monoisotopic (exact) mass is 254 g/mol. The quantitative estimate of drug-likeness (QED) is 0.784. The van der Waals surface area contributed by atoms with E-state index in [9.17, 15) is 4.79 Å². The van der Waals surface area contributed by atoms with Crippen molar-refractivity contribution in [1.82, 2.24) is 0 Å². The molecule has 2 aromatic carbocycles. The van der Waals surface area contributed by atoms with Crippen LogP contribution in [0.4, 0.5) is 11.4 Å². The van der Waals surface area contributed by atoms with Gasteiger partial charge in [-0.15, -0.1) is 0 Å². The Bertz CT molecular complexity index is 656. The SMILES string of the molecule is O=C1c2ccccc2N[C@@H]2Sc3ccccc3N12. The van der Waals surface area contributed by atoms with Gasteiger partial charge in [-0.25, -0.2) is 0 Å². The van der Waals surface area contributed by atoms with Gasteiger partial charge in [0.15, 0.2) is 5.50 Å². The van der Waals surface area contributed by atoms with Gasteiger partial charge in [0.25, 0.3) is 5.91 Å². The van der Waals surface area contributed by atoms with Gasteiger partial charge in [0.2, 0.25) is 0 Å². The molecule has 18 heavy (non-hydrogen) atoms. The summed E-state index contributed by atoms with van der Waals surface area (Å²) >= 11 is 1.68. The van der Waals surface area contributed by atoms with Gasteiger partial charge in [-0.05, 0) is 24.3 Å². The lowest BCUT2D eigenvalue weighted by molar-refractivity contribution is 0.0984. The van der Waals surface area contributed by atoms with E-state index < -0.39 is 0 Å². The lowest BCUT2D eigenvalue weighted by atomic mass is 10.1. The highest BCUT2D eigenvalue weighted by Crippen LogP contribution is 2.46. The van der Waals surface area contributed by atoms with Crippen LogP contribution in [0, 0.1) is 0 Å². The number of hydrogen-bond acceptors (Lipinski definition) is 3. The van der Waals surface area contributed by atoms with Gasteiger partial charge < -0.3 is 5.32 Å². The molecule has 0 saturated heterocycles. The largest absolute Gasteiger partial charge is 0.355 e. The molecule has 1 amide bonds. The number of carbonyl (C=O) groups excluding carboxylic acids is 1. The van der Waals surface area contributed by atoms with Crippen molar-refractivity contribution >= 4 is 29.0 Å². The number of nitrogens with zero attached hydrogens (tertiary/aromatic N) is 1. The normalized spacial score (nSPS) is 19.9. The molecule has 88 valence electrons. The second-order valence-corrected chi connectivity index (χ2v) is 5.43. The summed E-state index contributed by atoms with van der Waals surface area (Å²) in [6.45, 7) is 0. The predicted octanol–water partition coefficient (Wildman–Crippen LogP) is 3.15. The van der Waals surface area contributed by atoms with Gasteiger partial charge >= 0.3 is 0 Å². The number of thioether (sulfide) groups is 1. The highest BCUT2D eigenvalue weighted by atomic mass is 32.2.